The summed E-state index contributed by atoms with van der Waals surface area (Å²) < 4.78 is 7.33. The van der Waals surface area contributed by atoms with Crippen LogP contribution in [0.2, 0.25) is 0 Å². The molecule has 2 amide bonds. The first-order chi connectivity index (χ1) is 13.6. The lowest BCUT2D eigenvalue weighted by Crippen LogP contribution is -2.39. The van der Waals surface area contributed by atoms with Crippen molar-refractivity contribution in [3.8, 4) is 11.5 Å². The second-order valence-corrected chi connectivity index (χ2v) is 7.12. The largest absolute Gasteiger partial charge is 0.338 e. The molecule has 8 heteroatoms. The Kier molecular flexibility index (Phi) is 5.10. The van der Waals surface area contributed by atoms with Gasteiger partial charge < -0.3 is 14.7 Å². The Morgan fingerprint density at radius 2 is 2.11 bits per heavy atom. The molecule has 4 rings (SSSR count). The molecule has 146 valence electrons. The van der Waals surface area contributed by atoms with Gasteiger partial charge in [0.15, 0.2) is 5.82 Å². The van der Waals surface area contributed by atoms with Crippen LogP contribution in [0.3, 0.4) is 0 Å². The molecule has 1 aliphatic heterocycles. The number of nitrogens with one attached hydrogen (secondary N) is 1. The molecule has 1 aliphatic rings. The third-order valence-electron chi connectivity index (χ3n) is 4.95. The average molecular weight is 380 g/mol. The minimum absolute atomic E-state index is 0.0594. The monoisotopic (exact) mass is 380 g/mol. The molecule has 1 aromatic carbocycles. The maximum absolute atomic E-state index is 12.5. The molecule has 1 fully saturated rings. The molecule has 0 saturated carbocycles. The van der Waals surface area contributed by atoms with E-state index in [-0.39, 0.29) is 12.1 Å². The van der Waals surface area contributed by atoms with E-state index in [4.69, 9.17) is 4.52 Å². The van der Waals surface area contributed by atoms with E-state index in [1.54, 1.807) is 0 Å². The predicted molar refractivity (Wildman–Crippen MR) is 104 cm³/mol. The highest BCUT2D eigenvalue weighted by atomic mass is 16.5. The standard InChI is InChI=1S/C20H24N6O2/c1-14-12-15(2)26(23-14)17-9-11-25(13-17)20(27)21-10-8-18-22-19(28-24-18)16-6-4-3-5-7-16/h3-7,12,17H,8-11,13H2,1-2H3,(H,21,27)/t17-/m0/s1. The lowest BCUT2D eigenvalue weighted by molar-refractivity contribution is 0.207. The first kappa shape index (κ1) is 18.2. The molecule has 0 unspecified atom stereocenters. The quantitative estimate of drug-likeness (QED) is 0.735. The van der Waals surface area contributed by atoms with Crippen molar-refractivity contribution in [1.82, 2.24) is 30.1 Å². The summed E-state index contributed by atoms with van der Waals surface area (Å²) in [5, 5.41) is 11.5. The lowest BCUT2D eigenvalue weighted by atomic mass is 10.2. The molecular weight excluding hydrogens is 356 g/mol. The van der Waals surface area contributed by atoms with Crippen LogP contribution < -0.4 is 5.32 Å². The smallest absolute Gasteiger partial charge is 0.317 e. The van der Waals surface area contributed by atoms with Gasteiger partial charge in [0.05, 0.1) is 11.7 Å². The Morgan fingerprint density at radius 1 is 1.29 bits per heavy atom. The number of hydrogen-bond donors (Lipinski definition) is 1. The van der Waals surface area contributed by atoms with Crippen LogP contribution in [0, 0.1) is 13.8 Å². The van der Waals surface area contributed by atoms with Gasteiger partial charge in [-0.25, -0.2) is 4.79 Å². The van der Waals surface area contributed by atoms with Gasteiger partial charge in [-0.15, -0.1) is 0 Å². The Labute approximate surface area is 163 Å². The predicted octanol–water partition coefficient (Wildman–Crippen LogP) is 2.75. The summed E-state index contributed by atoms with van der Waals surface area (Å²) in [6.07, 6.45) is 1.44. The summed E-state index contributed by atoms with van der Waals surface area (Å²) in [6.45, 7) is 5.92. The number of likely N-dealkylation sites (tertiary alicyclic amines) is 1. The van der Waals surface area contributed by atoms with Gasteiger partial charge >= 0.3 is 6.03 Å². The number of urea groups is 1. The van der Waals surface area contributed by atoms with Crippen LogP contribution in [0.1, 0.15) is 29.7 Å². The summed E-state index contributed by atoms with van der Waals surface area (Å²) in [5.74, 6) is 1.08. The van der Waals surface area contributed by atoms with E-state index in [9.17, 15) is 4.79 Å². The summed E-state index contributed by atoms with van der Waals surface area (Å²) in [6, 6.07) is 11.9. The van der Waals surface area contributed by atoms with Gasteiger partial charge in [-0.1, -0.05) is 23.4 Å². The minimum atomic E-state index is -0.0594. The molecular formula is C20H24N6O2. The van der Waals surface area contributed by atoms with E-state index >= 15 is 0 Å². The van der Waals surface area contributed by atoms with Crippen molar-refractivity contribution in [2.24, 2.45) is 0 Å². The van der Waals surface area contributed by atoms with Crippen LogP contribution >= 0.6 is 0 Å². The molecule has 3 aromatic rings. The van der Waals surface area contributed by atoms with Crippen molar-refractivity contribution in [2.45, 2.75) is 32.7 Å². The van der Waals surface area contributed by atoms with Crippen molar-refractivity contribution in [3.63, 3.8) is 0 Å². The Bertz CT molecular complexity index is 949. The Hall–Kier alpha value is -3.16. The van der Waals surface area contributed by atoms with E-state index in [0.29, 0.717) is 31.2 Å². The maximum atomic E-state index is 12.5. The van der Waals surface area contributed by atoms with Gasteiger partial charge in [-0.2, -0.15) is 10.1 Å². The molecule has 3 heterocycles. The number of aryl methyl sites for hydroxylation is 2. The molecule has 1 N–H and O–H groups in total. The van der Waals surface area contributed by atoms with Gasteiger partial charge in [0.2, 0.25) is 0 Å². The summed E-state index contributed by atoms with van der Waals surface area (Å²) in [7, 11) is 0. The SMILES string of the molecule is Cc1cc(C)n([C@H]2CCN(C(=O)NCCc3noc(-c4ccccc4)n3)C2)n1. The van der Waals surface area contributed by atoms with Crippen LogP contribution in [-0.2, 0) is 6.42 Å². The van der Waals surface area contributed by atoms with Crippen LogP contribution in [0.5, 0.6) is 0 Å². The highest BCUT2D eigenvalue weighted by Gasteiger charge is 2.28. The highest BCUT2D eigenvalue weighted by molar-refractivity contribution is 5.74. The van der Waals surface area contributed by atoms with Crippen LogP contribution in [-0.4, -0.2) is 50.5 Å². The summed E-state index contributed by atoms with van der Waals surface area (Å²) >= 11 is 0. The van der Waals surface area contributed by atoms with E-state index in [1.807, 2.05) is 46.8 Å². The van der Waals surface area contributed by atoms with Crippen molar-refractivity contribution in [2.75, 3.05) is 19.6 Å². The molecule has 1 atom stereocenters. The van der Waals surface area contributed by atoms with Crippen LogP contribution in [0.15, 0.2) is 40.9 Å². The molecule has 28 heavy (non-hydrogen) atoms. The number of aromatic nitrogens is 4. The number of nitrogens with zero attached hydrogens (tertiary/aromatic N) is 5. The van der Waals surface area contributed by atoms with E-state index in [2.05, 4.69) is 33.5 Å². The average Bonchev–Trinajstić information content (AvgIpc) is 3.42. The van der Waals surface area contributed by atoms with Crippen LogP contribution in [0.4, 0.5) is 4.79 Å². The maximum Gasteiger partial charge on any atom is 0.317 e. The normalized spacial score (nSPS) is 16.5. The van der Waals surface area contributed by atoms with E-state index < -0.39 is 0 Å². The fourth-order valence-electron chi connectivity index (χ4n) is 3.59. The molecule has 8 nitrogen and oxygen atoms in total. The zero-order chi connectivity index (χ0) is 19.5. The Morgan fingerprint density at radius 3 is 2.86 bits per heavy atom. The molecule has 0 bridgehead atoms. The van der Waals surface area contributed by atoms with Crippen LogP contribution in [0.25, 0.3) is 11.5 Å². The minimum Gasteiger partial charge on any atom is -0.338 e. The van der Waals surface area contributed by atoms with Crippen molar-refractivity contribution in [1.29, 1.82) is 0 Å². The first-order valence-corrected chi connectivity index (χ1v) is 9.53. The number of rotatable bonds is 5. The van der Waals surface area contributed by atoms with Gasteiger partial charge in [0.25, 0.3) is 5.89 Å². The molecule has 0 spiro atoms. The van der Waals surface area contributed by atoms with Gasteiger partial charge in [-0.3, -0.25) is 4.68 Å². The van der Waals surface area contributed by atoms with Gasteiger partial charge in [-0.05, 0) is 38.5 Å². The van der Waals surface area contributed by atoms with Gasteiger partial charge in [0.1, 0.15) is 0 Å². The third-order valence-corrected chi connectivity index (χ3v) is 4.95. The van der Waals surface area contributed by atoms with Crippen molar-refractivity contribution >= 4 is 6.03 Å². The third kappa shape index (κ3) is 3.90. The number of benzene rings is 1. The highest BCUT2D eigenvalue weighted by Crippen LogP contribution is 2.23. The second-order valence-electron chi connectivity index (χ2n) is 7.12. The number of carbonyl (C=O) groups excluding carboxylic acids is 1. The summed E-state index contributed by atoms with van der Waals surface area (Å²) in [5.41, 5.74) is 3.03. The number of amides is 2. The number of carbonyl (C=O) groups is 1. The van der Waals surface area contributed by atoms with E-state index in [1.165, 1.54) is 0 Å². The van der Waals surface area contributed by atoms with E-state index in [0.717, 1.165) is 29.9 Å². The molecule has 2 aromatic heterocycles. The van der Waals surface area contributed by atoms with Crippen molar-refractivity contribution in [3.05, 3.63) is 53.6 Å². The zero-order valence-electron chi connectivity index (χ0n) is 16.1. The molecule has 1 saturated heterocycles. The second kappa shape index (κ2) is 7.84. The Balaban J connectivity index is 1.26. The first-order valence-electron chi connectivity index (χ1n) is 9.53. The molecule has 0 radical (unpaired) electrons. The fraction of sp³-hybridized carbons (Fsp3) is 0.400. The molecule has 0 aliphatic carbocycles. The summed E-state index contributed by atoms with van der Waals surface area (Å²) in [4.78, 5) is 18.7. The number of hydrogen-bond acceptors (Lipinski definition) is 5. The lowest BCUT2D eigenvalue weighted by Gasteiger charge is -2.18. The topological polar surface area (TPSA) is 89.1 Å². The zero-order valence-corrected chi connectivity index (χ0v) is 16.1. The van der Waals surface area contributed by atoms with Gasteiger partial charge in [0, 0.05) is 37.3 Å². The van der Waals surface area contributed by atoms with Crippen molar-refractivity contribution < 1.29 is 9.32 Å². The fourth-order valence-corrected chi connectivity index (χ4v) is 3.59.